The average molecular weight is 473 g/mol. The molecule has 0 N–H and O–H groups in total. The van der Waals surface area contributed by atoms with Gasteiger partial charge in [-0.1, -0.05) is 36.4 Å². The first-order valence-electron chi connectivity index (χ1n) is 11.7. The van der Waals surface area contributed by atoms with Gasteiger partial charge in [-0.2, -0.15) is 0 Å². The molecule has 2 aliphatic heterocycles. The first kappa shape index (κ1) is 21.8. The maximum Gasteiger partial charge on any atom is 0.247 e. The molecule has 3 heterocycles. The van der Waals surface area contributed by atoms with Crippen molar-refractivity contribution in [1.29, 1.82) is 0 Å². The molecular weight excluding hydrogens is 447 g/mol. The number of rotatable bonds is 6. The standard InChI is InChI=1S/C27H25FN4O3/c28-22-9-7-20(8-10-22)25(27-30-29-26(35-27)21-4-2-1-3-5-21)32-14-12-31(13-15-32)17-19-6-11-23-24(16-19)34-18-33-23/h1-11,16,25H,12-15,17-18H2/t25-/m1/s1. The second kappa shape index (κ2) is 9.48. The highest BCUT2D eigenvalue weighted by molar-refractivity contribution is 5.52. The Morgan fingerprint density at radius 1 is 0.829 bits per heavy atom. The monoisotopic (exact) mass is 472 g/mol. The number of piperazine rings is 1. The summed E-state index contributed by atoms with van der Waals surface area (Å²) in [6, 6.07) is 22.1. The zero-order valence-corrected chi connectivity index (χ0v) is 19.1. The van der Waals surface area contributed by atoms with E-state index in [0.717, 1.165) is 55.3 Å². The van der Waals surface area contributed by atoms with E-state index in [1.54, 1.807) is 12.1 Å². The predicted molar refractivity (Wildman–Crippen MR) is 127 cm³/mol. The zero-order valence-electron chi connectivity index (χ0n) is 19.1. The van der Waals surface area contributed by atoms with E-state index in [1.807, 2.05) is 36.4 Å². The van der Waals surface area contributed by atoms with Crippen LogP contribution < -0.4 is 9.47 Å². The lowest BCUT2D eigenvalue weighted by Gasteiger charge is -2.38. The molecule has 3 aromatic carbocycles. The fraction of sp³-hybridized carbons (Fsp3) is 0.259. The van der Waals surface area contributed by atoms with Crippen molar-refractivity contribution in [3.05, 3.63) is 95.6 Å². The van der Waals surface area contributed by atoms with Crippen LogP contribution in [0.5, 0.6) is 11.5 Å². The second-order valence-corrected chi connectivity index (χ2v) is 8.77. The van der Waals surface area contributed by atoms with Gasteiger partial charge in [0.2, 0.25) is 18.6 Å². The van der Waals surface area contributed by atoms with Crippen molar-refractivity contribution in [1.82, 2.24) is 20.0 Å². The van der Waals surface area contributed by atoms with Gasteiger partial charge in [-0.25, -0.2) is 4.39 Å². The van der Waals surface area contributed by atoms with E-state index in [4.69, 9.17) is 13.9 Å². The van der Waals surface area contributed by atoms with Gasteiger partial charge in [0, 0.05) is 38.3 Å². The highest BCUT2D eigenvalue weighted by Crippen LogP contribution is 2.34. The number of benzene rings is 3. The Morgan fingerprint density at radius 3 is 2.40 bits per heavy atom. The molecule has 1 aromatic heterocycles. The van der Waals surface area contributed by atoms with Gasteiger partial charge in [0.05, 0.1) is 0 Å². The number of fused-ring (bicyclic) bond motifs is 1. The molecule has 0 radical (unpaired) electrons. The first-order valence-corrected chi connectivity index (χ1v) is 11.7. The summed E-state index contributed by atoms with van der Waals surface area (Å²) in [4.78, 5) is 4.74. The third kappa shape index (κ3) is 4.62. The van der Waals surface area contributed by atoms with Crippen molar-refractivity contribution in [2.75, 3.05) is 33.0 Å². The van der Waals surface area contributed by atoms with Crippen molar-refractivity contribution >= 4 is 0 Å². The molecule has 6 rings (SSSR count). The van der Waals surface area contributed by atoms with Gasteiger partial charge in [-0.15, -0.1) is 10.2 Å². The highest BCUT2D eigenvalue weighted by atomic mass is 19.1. The summed E-state index contributed by atoms with van der Waals surface area (Å²) in [5.74, 6) is 2.34. The summed E-state index contributed by atoms with van der Waals surface area (Å²) in [7, 11) is 0. The van der Waals surface area contributed by atoms with Crippen molar-refractivity contribution in [3.8, 4) is 23.0 Å². The highest BCUT2D eigenvalue weighted by Gasteiger charge is 2.31. The summed E-state index contributed by atoms with van der Waals surface area (Å²) in [6.45, 7) is 4.51. The summed E-state index contributed by atoms with van der Waals surface area (Å²) < 4.78 is 30.7. The predicted octanol–water partition coefficient (Wildman–Crippen LogP) is 4.51. The Bertz CT molecular complexity index is 1290. The molecule has 35 heavy (non-hydrogen) atoms. The van der Waals surface area contributed by atoms with Crippen LogP contribution in [0.3, 0.4) is 0 Å². The zero-order chi connectivity index (χ0) is 23.6. The van der Waals surface area contributed by atoms with Crippen LogP contribution in [0, 0.1) is 5.82 Å². The van der Waals surface area contributed by atoms with Crippen LogP contribution >= 0.6 is 0 Å². The lowest BCUT2D eigenvalue weighted by molar-refractivity contribution is 0.0951. The van der Waals surface area contributed by atoms with Crippen LogP contribution in [0.25, 0.3) is 11.5 Å². The third-order valence-electron chi connectivity index (χ3n) is 6.50. The Kier molecular flexibility index (Phi) is 5.89. The maximum absolute atomic E-state index is 13.7. The summed E-state index contributed by atoms with van der Waals surface area (Å²) in [5, 5.41) is 8.69. The topological polar surface area (TPSA) is 63.9 Å². The molecule has 1 atom stereocenters. The molecule has 8 heteroatoms. The maximum atomic E-state index is 13.7. The van der Waals surface area contributed by atoms with Crippen LogP contribution in [0.15, 0.2) is 77.2 Å². The smallest absolute Gasteiger partial charge is 0.247 e. The van der Waals surface area contributed by atoms with E-state index < -0.39 is 0 Å². The molecule has 1 fully saturated rings. The molecule has 2 aliphatic rings. The normalized spacial score (nSPS) is 16.9. The Morgan fingerprint density at radius 2 is 1.60 bits per heavy atom. The first-order chi connectivity index (χ1) is 17.2. The lowest BCUT2D eigenvalue weighted by atomic mass is 10.0. The Hall–Kier alpha value is -3.75. The van der Waals surface area contributed by atoms with E-state index in [9.17, 15) is 4.39 Å². The molecule has 4 aromatic rings. The summed E-state index contributed by atoms with van der Waals surface area (Å²) in [6.07, 6.45) is 0. The lowest BCUT2D eigenvalue weighted by Crippen LogP contribution is -2.47. The van der Waals surface area contributed by atoms with E-state index in [-0.39, 0.29) is 18.7 Å². The SMILES string of the molecule is Fc1ccc([C@H](c2nnc(-c3ccccc3)o2)N2CCN(Cc3ccc4c(c3)OCO4)CC2)cc1. The number of ether oxygens (including phenoxy) is 2. The van der Waals surface area contributed by atoms with E-state index >= 15 is 0 Å². The van der Waals surface area contributed by atoms with E-state index in [0.29, 0.717) is 11.8 Å². The van der Waals surface area contributed by atoms with Crippen LogP contribution in [0.1, 0.15) is 23.1 Å². The van der Waals surface area contributed by atoms with Gasteiger partial charge in [0.1, 0.15) is 11.9 Å². The van der Waals surface area contributed by atoms with Crippen LogP contribution in [0.4, 0.5) is 4.39 Å². The molecule has 178 valence electrons. The molecule has 0 bridgehead atoms. The van der Waals surface area contributed by atoms with Gasteiger partial charge in [0.25, 0.3) is 0 Å². The average Bonchev–Trinajstić information content (AvgIpc) is 3.57. The van der Waals surface area contributed by atoms with Crippen molar-refractivity contribution in [2.24, 2.45) is 0 Å². The molecule has 0 saturated carbocycles. The van der Waals surface area contributed by atoms with E-state index in [1.165, 1.54) is 17.7 Å². The minimum atomic E-state index is -0.267. The molecule has 1 saturated heterocycles. The van der Waals surface area contributed by atoms with Crippen molar-refractivity contribution < 1.29 is 18.3 Å². The third-order valence-corrected chi connectivity index (χ3v) is 6.50. The summed E-state index contributed by atoms with van der Waals surface area (Å²) in [5.41, 5.74) is 3.00. The molecule has 0 unspecified atom stereocenters. The quantitative estimate of drug-likeness (QED) is 0.409. The Balaban J connectivity index is 1.20. The van der Waals surface area contributed by atoms with Gasteiger partial charge in [-0.05, 0) is 47.5 Å². The van der Waals surface area contributed by atoms with Crippen LogP contribution in [-0.4, -0.2) is 53.0 Å². The molecular formula is C27H25FN4O3. The molecule has 0 spiro atoms. The number of halogens is 1. The van der Waals surface area contributed by atoms with Gasteiger partial charge in [-0.3, -0.25) is 9.80 Å². The van der Waals surface area contributed by atoms with E-state index in [2.05, 4.69) is 32.1 Å². The van der Waals surface area contributed by atoms with Gasteiger partial charge in [0.15, 0.2) is 11.5 Å². The second-order valence-electron chi connectivity index (χ2n) is 8.77. The van der Waals surface area contributed by atoms with Gasteiger partial charge >= 0.3 is 0 Å². The molecule has 0 aliphatic carbocycles. The number of aromatic nitrogens is 2. The molecule has 0 amide bonds. The fourth-order valence-corrected chi connectivity index (χ4v) is 4.67. The van der Waals surface area contributed by atoms with Crippen LogP contribution in [0.2, 0.25) is 0 Å². The number of hydrogen-bond acceptors (Lipinski definition) is 7. The molecule has 7 nitrogen and oxygen atoms in total. The van der Waals surface area contributed by atoms with Crippen molar-refractivity contribution in [2.45, 2.75) is 12.6 Å². The number of nitrogens with zero attached hydrogens (tertiary/aromatic N) is 4. The number of hydrogen-bond donors (Lipinski definition) is 0. The fourth-order valence-electron chi connectivity index (χ4n) is 4.67. The van der Waals surface area contributed by atoms with Gasteiger partial charge < -0.3 is 13.9 Å². The summed E-state index contributed by atoms with van der Waals surface area (Å²) >= 11 is 0. The van der Waals surface area contributed by atoms with Crippen molar-refractivity contribution in [3.63, 3.8) is 0 Å². The minimum Gasteiger partial charge on any atom is -0.454 e. The van der Waals surface area contributed by atoms with Crippen LogP contribution in [-0.2, 0) is 6.54 Å². The minimum absolute atomic E-state index is 0.242. The Labute approximate surface area is 202 Å². The largest absolute Gasteiger partial charge is 0.454 e.